The number of rotatable bonds is 5. The molecule has 0 atom stereocenters. The molecule has 0 aliphatic carbocycles. The summed E-state index contributed by atoms with van der Waals surface area (Å²) in [6.07, 6.45) is 10.7. The van der Waals surface area contributed by atoms with Gasteiger partial charge in [0, 0.05) is 11.5 Å². The number of thiol groups is 2. The summed E-state index contributed by atoms with van der Waals surface area (Å²) in [6, 6.07) is 0. The van der Waals surface area contributed by atoms with Crippen LogP contribution in [-0.4, -0.2) is 11.5 Å². The fourth-order valence-corrected chi connectivity index (χ4v) is 0.875. The van der Waals surface area contributed by atoms with Crippen molar-refractivity contribution in [3.8, 4) is 0 Å². The predicted octanol–water partition coefficient (Wildman–Crippen LogP) is 2.74. The van der Waals surface area contributed by atoms with E-state index >= 15 is 0 Å². The van der Waals surface area contributed by atoms with E-state index in [-0.39, 0.29) is 0 Å². The van der Waals surface area contributed by atoms with Gasteiger partial charge in [0.25, 0.3) is 0 Å². The van der Waals surface area contributed by atoms with Gasteiger partial charge in [-0.15, -0.1) is 0 Å². The van der Waals surface area contributed by atoms with Gasteiger partial charge in [0.1, 0.15) is 0 Å². The Morgan fingerprint density at radius 3 is 1.40 bits per heavy atom. The predicted molar refractivity (Wildman–Crippen MR) is 55.2 cm³/mol. The van der Waals surface area contributed by atoms with Crippen molar-refractivity contribution in [2.45, 2.75) is 12.8 Å². The monoisotopic (exact) mass is 174 g/mol. The van der Waals surface area contributed by atoms with Crippen LogP contribution in [0.15, 0.2) is 24.3 Å². The molecule has 0 nitrogen and oxygen atoms in total. The molecule has 0 aromatic carbocycles. The van der Waals surface area contributed by atoms with Gasteiger partial charge in [-0.2, -0.15) is 25.3 Å². The highest BCUT2D eigenvalue weighted by molar-refractivity contribution is 7.80. The zero-order valence-corrected chi connectivity index (χ0v) is 7.82. The van der Waals surface area contributed by atoms with Crippen molar-refractivity contribution in [1.82, 2.24) is 0 Å². The number of hydrogen-bond acceptors (Lipinski definition) is 2. The zero-order chi connectivity index (χ0) is 7.66. The van der Waals surface area contributed by atoms with Crippen LogP contribution in [-0.2, 0) is 0 Å². The lowest BCUT2D eigenvalue weighted by molar-refractivity contribution is 1.05. The normalized spacial score (nSPS) is 11.8. The van der Waals surface area contributed by atoms with Gasteiger partial charge in [0.2, 0.25) is 0 Å². The van der Waals surface area contributed by atoms with Crippen LogP contribution in [0.3, 0.4) is 0 Å². The number of allylic oxidation sites excluding steroid dienone is 2. The van der Waals surface area contributed by atoms with Crippen LogP contribution in [0.1, 0.15) is 12.8 Å². The molecule has 0 saturated heterocycles. The van der Waals surface area contributed by atoms with Crippen molar-refractivity contribution in [2.75, 3.05) is 11.5 Å². The highest BCUT2D eigenvalue weighted by Crippen LogP contribution is 1.93. The molecule has 0 bridgehead atoms. The smallest absolute Gasteiger partial charge is 0.00825 e. The molecular formula is C8H14S2. The maximum absolute atomic E-state index is 4.05. The maximum atomic E-state index is 4.05. The van der Waals surface area contributed by atoms with Crippen LogP contribution < -0.4 is 0 Å². The molecule has 0 aliphatic rings. The Kier molecular flexibility index (Phi) is 9.35. The van der Waals surface area contributed by atoms with Gasteiger partial charge in [-0.1, -0.05) is 24.3 Å². The molecule has 0 radical (unpaired) electrons. The summed E-state index contributed by atoms with van der Waals surface area (Å²) >= 11 is 8.09. The van der Waals surface area contributed by atoms with Crippen LogP contribution in [0.4, 0.5) is 0 Å². The third kappa shape index (κ3) is 8.18. The molecule has 0 heterocycles. The number of unbranched alkanes of at least 4 members (excludes halogenated alkanes) is 1. The fraction of sp³-hybridized carbons (Fsp3) is 0.500. The van der Waals surface area contributed by atoms with Crippen LogP contribution in [0, 0.1) is 0 Å². The Morgan fingerprint density at radius 2 is 1.10 bits per heavy atom. The third-order valence-corrected chi connectivity index (χ3v) is 1.47. The standard InChI is InChI=1S/C8H14S2/c9-7-5-3-1-2-4-6-8-10/h3-6,9-10H,1-2,7-8H2. The lowest BCUT2D eigenvalue weighted by Crippen LogP contribution is -1.67. The Morgan fingerprint density at radius 1 is 0.700 bits per heavy atom. The largest absolute Gasteiger partial charge is 0.175 e. The lowest BCUT2D eigenvalue weighted by Gasteiger charge is -1.84. The summed E-state index contributed by atoms with van der Waals surface area (Å²) in [4.78, 5) is 0. The molecule has 0 unspecified atom stereocenters. The van der Waals surface area contributed by atoms with Crippen molar-refractivity contribution in [2.24, 2.45) is 0 Å². The number of hydrogen-bond donors (Lipinski definition) is 2. The van der Waals surface area contributed by atoms with E-state index in [4.69, 9.17) is 0 Å². The molecule has 58 valence electrons. The SMILES string of the molecule is SCC=CCCC=CCS. The molecule has 10 heavy (non-hydrogen) atoms. The van der Waals surface area contributed by atoms with Crippen LogP contribution >= 0.6 is 25.3 Å². The average Bonchev–Trinajstić information content (AvgIpc) is 1.97. The van der Waals surface area contributed by atoms with Crippen molar-refractivity contribution >= 4 is 25.3 Å². The van der Waals surface area contributed by atoms with E-state index in [0.29, 0.717) is 0 Å². The highest BCUT2D eigenvalue weighted by atomic mass is 32.1. The molecule has 0 fully saturated rings. The minimum Gasteiger partial charge on any atom is -0.175 e. The van der Waals surface area contributed by atoms with Crippen molar-refractivity contribution in [1.29, 1.82) is 0 Å². The van der Waals surface area contributed by atoms with Gasteiger partial charge in [0.15, 0.2) is 0 Å². The van der Waals surface area contributed by atoms with Crippen molar-refractivity contribution in [3.05, 3.63) is 24.3 Å². The van der Waals surface area contributed by atoms with Crippen LogP contribution in [0.25, 0.3) is 0 Å². The molecule has 0 aromatic heterocycles. The second-order valence-electron chi connectivity index (χ2n) is 1.89. The molecule has 0 aromatic rings. The minimum atomic E-state index is 0.844. The Bertz CT molecular complexity index is 91.8. The summed E-state index contributed by atoms with van der Waals surface area (Å²) in [5.74, 6) is 1.69. The molecular weight excluding hydrogens is 160 g/mol. The summed E-state index contributed by atoms with van der Waals surface area (Å²) < 4.78 is 0. The Hall–Kier alpha value is 0.180. The van der Waals surface area contributed by atoms with E-state index in [9.17, 15) is 0 Å². The first-order valence-electron chi connectivity index (χ1n) is 3.43. The lowest BCUT2D eigenvalue weighted by atomic mass is 10.3. The first-order chi connectivity index (χ1) is 4.91. The molecule has 0 aliphatic heterocycles. The molecule has 2 heteroatoms. The first kappa shape index (κ1) is 10.2. The van der Waals surface area contributed by atoms with Gasteiger partial charge >= 0.3 is 0 Å². The van der Waals surface area contributed by atoms with Gasteiger partial charge in [-0.05, 0) is 12.8 Å². The molecule has 0 amide bonds. The van der Waals surface area contributed by atoms with Crippen molar-refractivity contribution < 1.29 is 0 Å². The van der Waals surface area contributed by atoms with Crippen molar-refractivity contribution in [3.63, 3.8) is 0 Å². The molecule has 0 saturated carbocycles. The second-order valence-corrected chi connectivity index (χ2v) is 2.62. The van der Waals surface area contributed by atoms with E-state index in [1.54, 1.807) is 0 Å². The van der Waals surface area contributed by atoms with E-state index in [2.05, 4.69) is 49.6 Å². The quantitative estimate of drug-likeness (QED) is 0.357. The minimum absolute atomic E-state index is 0.844. The van der Waals surface area contributed by atoms with E-state index in [1.165, 1.54) is 0 Å². The fourth-order valence-electron chi connectivity index (χ4n) is 0.577. The first-order valence-corrected chi connectivity index (χ1v) is 4.70. The second kappa shape index (κ2) is 9.18. The summed E-state index contributed by atoms with van der Waals surface area (Å²) in [6.45, 7) is 0. The highest BCUT2D eigenvalue weighted by Gasteiger charge is 1.74. The Balaban J connectivity index is 3.04. The summed E-state index contributed by atoms with van der Waals surface area (Å²) in [5, 5.41) is 0. The molecule has 0 rings (SSSR count). The Labute approximate surface area is 74.2 Å². The van der Waals surface area contributed by atoms with Crippen LogP contribution in [0.5, 0.6) is 0 Å². The van der Waals surface area contributed by atoms with Crippen LogP contribution in [0.2, 0.25) is 0 Å². The van der Waals surface area contributed by atoms with E-state index in [0.717, 1.165) is 24.3 Å². The molecule has 0 spiro atoms. The van der Waals surface area contributed by atoms with Gasteiger partial charge < -0.3 is 0 Å². The average molecular weight is 174 g/mol. The van der Waals surface area contributed by atoms with Gasteiger partial charge in [-0.25, -0.2) is 0 Å². The zero-order valence-electron chi connectivity index (χ0n) is 6.03. The third-order valence-electron chi connectivity index (χ3n) is 1.04. The molecule has 0 N–H and O–H groups in total. The van der Waals surface area contributed by atoms with Gasteiger partial charge in [0.05, 0.1) is 0 Å². The van der Waals surface area contributed by atoms with Gasteiger partial charge in [-0.3, -0.25) is 0 Å². The van der Waals surface area contributed by atoms with E-state index in [1.807, 2.05) is 0 Å². The summed E-state index contributed by atoms with van der Waals surface area (Å²) in [5.41, 5.74) is 0. The van der Waals surface area contributed by atoms with E-state index < -0.39 is 0 Å². The summed E-state index contributed by atoms with van der Waals surface area (Å²) in [7, 11) is 0. The maximum Gasteiger partial charge on any atom is 0.00825 e. The topological polar surface area (TPSA) is 0 Å².